The molecule has 0 radical (unpaired) electrons. The van der Waals surface area contributed by atoms with Gasteiger partial charge in [0.25, 0.3) is 0 Å². The van der Waals surface area contributed by atoms with Crippen molar-refractivity contribution in [3.05, 3.63) is 52.2 Å². The number of fused-ring (bicyclic) bond motifs is 1. The monoisotopic (exact) mass is 518 g/mol. The van der Waals surface area contributed by atoms with E-state index in [1.807, 2.05) is 11.9 Å². The number of rotatable bonds is 7. The van der Waals surface area contributed by atoms with E-state index in [4.69, 9.17) is 23.2 Å². The molecule has 2 amide bonds. The lowest BCUT2D eigenvalue weighted by Gasteiger charge is -2.39. The zero-order valence-electron chi connectivity index (χ0n) is 20.4. The molecule has 1 heterocycles. The Morgan fingerprint density at radius 3 is 2.74 bits per heavy atom. The molecule has 35 heavy (non-hydrogen) atoms. The topological polar surface area (TPSA) is 67.8 Å². The summed E-state index contributed by atoms with van der Waals surface area (Å²) in [5, 5.41) is 17.3. The van der Waals surface area contributed by atoms with Crippen molar-refractivity contribution in [3.63, 3.8) is 0 Å². The molecular formula is C27H36Cl2N4O2. The lowest BCUT2D eigenvalue weighted by atomic mass is 9.73. The summed E-state index contributed by atoms with van der Waals surface area (Å²) in [6, 6.07) is 5.24. The summed E-state index contributed by atoms with van der Waals surface area (Å²) in [7, 11) is 2.00. The maximum atomic E-state index is 13.5. The minimum Gasteiger partial charge on any atom is -0.392 e. The minimum atomic E-state index is -0.257. The van der Waals surface area contributed by atoms with Crippen LogP contribution < -0.4 is 10.6 Å². The van der Waals surface area contributed by atoms with Crippen LogP contribution in [0.15, 0.2) is 42.1 Å². The van der Waals surface area contributed by atoms with Crippen LogP contribution >= 0.6 is 23.2 Å². The number of benzene rings is 1. The van der Waals surface area contributed by atoms with Gasteiger partial charge in [0.2, 0.25) is 0 Å². The highest BCUT2D eigenvalue weighted by atomic mass is 35.5. The number of β-amino-alcohol motifs (C(OH)–C–C–N with tert-alkyl or cyclic N) is 1. The van der Waals surface area contributed by atoms with Gasteiger partial charge in [-0.1, -0.05) is 35.4 Å². The number of hydrogen-bond acceptors (Lipinski definition) is 4. The molecule has 3 fully saturated rings. The van der Waals surface area contributed by atoms with E-state index in [1.54, 1.807) is 18.2 Å². The molecule has 0 bridgehead atoms. The van der Waals surface area contributed by atoms with Gasteiger partial charge in [0.05, 0.1) is 6.10 Å². The number of likely N-dealkylation sites (tertiary alicyclic amines) is 1. The molecule has 1 aromatic carbocycles. The first-order chi connectivity index (χ1) is 16.9. The zero-order valence-corrected chi connectivity index (χ0v) is 21.9. The quantitative estimate of drug-likeness (QED) is 0.467. The molecule has 5 rings (SSSR count). The first-order valence-corrected chi connectivity index (χ1v) is 13.6. The zero-order chi connectivity index (χ0) is 24.6. The van der Waals surface area contributed by atoms with Crippen molar-refractivity contribution in [2.24, 2.45) is 17.3 Å². The van der Waals surface area contributed by atoms with Gasteiger partial charge in [0, 0.05) is 60.7 Å². The number of aliphatic hydroxyl groups excluding tert-OH is 1. The fourth-order valence-corrected chi connectivity index (χ4v) is 7.15. The molecule has 8 heteroatoms. The molecule has 1 aromatic rings. The van der Waals surface area contributed by atoms with E-state index in [0.29, 0.717) is 46.1 Å². The van der Waals surface area contributed by atoms with Crippen LogP contribution in [-0.2, 0) is 0 Å². The van der Waals surface area contributed by atoms with E-state index in [1.165, 1.54) is 12.1 Å². The molecule has 0 aromatic heterocycles. The summed E-state index contributed by atoms with van der Waals surface area (Å²) in [5.41, 5.74) is 2.32. The van der Waals surface area contributed by atoms with Gasteiger partial charge < -0.3 is 20.6 Å². The second-order valence-electron chi connectivity index (χ2n) is 10.7. The van der Waals surface area contributed by atoms with E-state index >= 15 is 0 Å². The molecule has 6 nitrogen and oxygen atoms in total. The van der Waals surface area contributed by atoms with Crippen LogP contribution in [0, 0.1) is 17.3 Å². The van der Waals surface area contributed by atoms with Crippen molar-refractivity contribution in [1.82, 2.24) is 15.1 Å². The number of carbonyl (C=O) groups excluding carboxylic acids is 1. The summed E-state index contributed by atoms with van der Waals surface area (Å²) in [5.74, 6) is 1.25. The number of halogens is 2. The molecular weight excluding hydrogens is 483 g/mol. The van der Waals surface area contributed by atoms with Crippen LogP contribution in [0.2, 0.25) is 10.0 Å². The predicted octanol–water partition coefficient (Wildman–Crippen LogP) is 5.13. The van der Waals surface area contributed by atoms with Crippen LogP contribution in [-0.4, -0.2) is 66.3 Å². The number of carbonyl (C=O) groups is 1. The highest BCUT2D eigenvalue weighted by Gasteiger charge is 2.60. The summed E-state index contributed by atoms with van der Waals surface area (Å²) >= 11 is 12.3. The van der Waals surface area contributed by atoms with Crippen molar-refractivity contribution in [2.75, 3.05) is 38.5 Å². The third-order valence-electron chi connectivity index (χ3n) is 8.64. The standard InChI is InChI=1S/C27H36Cl2N4O2/c1-30-22-4-2-3-18(11-22)27-7-5-24(12-19(27)16-27)33(10-9-32-8-6-25(34)17-32)26(35)31-23-14-20(28)13-21(29)15-23/h2-4,13-15,18-19,24-25,30,34H,5-12,16-17H2,1H3,(H,31,35)/t18?,19?,24-,25+,27+/m1/s1. The Hall–Kier alpha value is -1.73. The Bertz CT molecular complexity index is 995. The van der Waals surface area contributed by atoms with E-state index in [2.05, 4.69) is 33.8 Å². The van der Waals surface area contributed by atoms with Crippen molar-refractivity contribution in [1.29, 1.82) is 0 Å². The Balaban J connectivity index is 1.26. The van der Waals surface area contributed by atoms with Gasteiger partial charge in [-0.15, -0.1) is 0 Å². The normalized spacial score (nSPS) is 32.1. The number of amides is 2. The van der Waals surface area contributed by atoms with Crippen molar-refractivity contribution in [3.8, 4) is 0 Å². The lowest BCUT2D eigenvalue weighted by Crippen LogP contribution is -2.48. The van der Waals surface area contributed by atoms with Gasteiger partial charge in [-0.2, -0.15) is 0 Å². The van der Waals surface area contributed by atoms with Crippen LogP contribution in [0.5, 0.6) is 0 Å². The third kappa shape index (κ3) is 5.51. The average Bonchev–Trinajstić information content (AvgIpc) is 3.43. The molecule has 3 N–H and O–H groups in total. The molecule has 5 atom stereocenters. The molecule has 190 valence electrons. The summed E-state index contributed by atoms with van der Waals surface area (Å²) in [4.78, 5) is 17.8. The van der Waals surface area contributed by atoms with Crippen LogP contribution in [0.4, 0.5) is 10.5 Å². The lowest BCUT2D eigenvalue weighted by molar-refractivity contribution is 0.125. The van der Waals surface area contributed by atoms with Gasteiger partial charge in [0.15, 0.2) is 0 Å². The molecule has 1 saturated heterocycles. The second-order valence-corrected chi connectivity index (χ2v) is 11.6. The van der Waals surface area contributed by atoms with Crippen molar-refractivity contribution < 1.29 is 9.90 Å². The first kappa shape index (κ1) is 24.9. The Labute approximate surface area is 218 Å². The van der Waals surface area contributed by atoms with Crippen LogP contribution in [0.3, 0.4) is 0 Å². The van der Waals surface area contributed by atoms with Crippen LogP contribution in [0.25, 0.3) is 0 Å². The molecule has 2 saturated carbocycles. The summed E-state index contributed by atoms with van der Waals surface area (Å²) < 4.78 is 0. The van der Waals surface area contributed by atoms with Crippen LogP contribution in [0.1, 0.15) is 38.5 Å². The largest absolute Gasteiger partial charge is 0.392 e. The summed E-state index contributed by atoms with van der Waals surface area (Å²) in [6.45, 7) is 2.99. The number of urea groups is 1. The number of aliphatic hydroxyl groups is 1. The Morgan fingerprint density at radius 1 is 1.26 bits per heavy atom. The number of nitrogens with zero attached hydrogens (tertiary/aromatic N) is 2. The van der Waals surface area contributed by atoms with Gasteiger partial charge in [-0.25, -0.2) is 4.79 Å². The number of hydrogen-bond donors (Lipinski definition) is 3. The SMILES string of the molecule is CNC1=CC=CC([C@@]23CC[C@@H](N(CCN4CC[C@H](O)C4)C(=O)Nc4cc(Cl)cc(Cl)c4)CC2C3)C1. The van der Waals surface area contributed by atoms with Crippen molar-refractivity contribution >= 4 is 34.9 Å². The highest BCUT2D eigenvalue weighted by Crippen LogP contribution is 2.67. The van der Waals surface area contributed by atoms with Gasteiger partial charge in [0.1, 0.15) is 0 Å². The Morgan fingerprint density at radius 2 is 2.06 bits per heavy atom. The van der Waals surface area contributed by atoms with E-state index in [0.717, 1.165) is 45.2 Å². The van der Waals surface area contributed by atoms with Gasteiger partial charge >= 0.3 is 6.03 Å². The molecule has 1 aliphatic heterocycles. The molecule has 2 unspecified atom stereocenters. The molecule has 0 spiro atoms. The van der Waals surface area contributed by atoms with Crippen molar-refractivity contribution in [2.45, 2.75) is 50.7 Å². The number of nitrogens with one attached hydrogen (secondary N) is 2. The second kappa shape index (κ2) is 10.3. The van der Waals surface area contributed by atoms with Gasteiger partial charge in [-0.05, 0) is 80.1 Å². The number of anilines is 1. The van der Waals surface area contributed by atoms with E-state index in [9.17, 15) is 9.90 Å². The van der Waals surface area contributed by atoms with E-state index in [-0.39, 0.29) is 18.2 Å². The van der Waals surface area contributed by atoms with E-state index < -0.39 is 0 Å². The molecule has 3 aliphatic carbocycles. The highest BCUT2D eigenvalue weighted by molar-refractivity contribution is 6.35. The first-order valence-electron chi connectivity index (χ1n) is 12.9. The minimum absolute atomic E-state index is 0.0980. The maximum absolute atomic E-state index is 13.5. The maximum Gasteiger partial charge on any atom is 0.322 e. The summed E-state index contributed by atoms with van der Waals surface area (Å²) in [6.07, 6.45) is 12.9. The average molecular weight is 520 g/mol. The van der Waals surface area contributed by atoms with Gasteiger partial charge in [-0.3, -0.25) is 4.90 Å². The Kier molecular flexibility index (Phi) is 7.36. The smallest absolute Gasteiger partial charge is 0.322 e. The fraction of sp³-hybridized carbons (Fsp3) is 0.593. The third-order valence-corrected chi connectivity index (χ3v) is 9.08. The molecule has 4 aliphatic rings. The number of allylic oxidation sites excluding steroid dienone is 4. The predicted molar refractivity (Wildman–Crippen MR) is 142 cm³/mol. The fourth-order valence-electron chi connectivity index (χ4n) is 6.62.